The Kier molecular flexibility index (Phi) is 4.85. The number of hydrogen-bond acceptors (Lipinski definition) is 3. The highest BCUT2D eigenvalue weighted by molar-refractivity contribution is 7.80. The van der Waals surface area contributed by atoms with Gasteiger partial charge in [-0.1, -0.05) is 6.42 Å². The van der Waals surface area contributed by atoms with Gasteiger partial charge in [0.25, 0.3) is 0 Å². The molecule has 0 aliphatic heterocycles. The van der Waals surface area contributed by atoms with E-state index in [1.54, 1.807) is 13.0 Å². The Morgan fingerprint density at radius 2 is 2.17 bits per heavy atom. The molecule has 2 aliphatic carbocycles. The molecule has 4 nitrogen and oxygen atoms in total. The molecule has 0 radical (unpaired) electrons. The van der Waals surface area contributed by atoms with E-state index in [-0.39, 0.29) is 5.97 Å². The predicted octanol–water partition coefficient (Wildman–Crippen LogP) is 3.65. The van der Waals surface area contributed by atoms with Gasteiger partial charge in [-0.2, -0.15) is 0 Å². The number of benzene rings is 1. The lowest BCUT2D eigenvalue weighted by Crippen LogP contribution is -2.40. The summed E-state index contributed by atoms with van der Waals surface area (Å²) < 4.78 is 5.02. The van der Waals surface area contributed by atoms with Gasteiger partial charge in [0.05, 0.1) is 12.2 Å². The van der Waals surface area contributed by atoms with Gasteiger partial charge in [-0.3, -0.25) is 0 Å². The van der Waals surface area contributed by atoms with E-state index in [0.717, 1.165) is 23.1 Å². The van der Waals surface area contributed by atoms with Crippen LogP contribution < -0.4 is 10.6 Å². The second-order valence-corrected chi connectivity index (χ2v) is 7.04. The third kappa shape index (κ3) is 3.66. The van der Waals surface area contributed by atoms with Crippen LogP contribution in [0.5, 0.6) is 0 Å². The van der Waals surface area contributed by atoms with Crippen LogP contribution in [0.1, 0.15) is 48.5 Å². The first-order valence-electron chi connectivity index (χ1n) is 8.42. The van der Waals surface area contributed by atoms with Crippen molar-refractivity contribution in [2.75, 3.05) is 11.9 Å². The average Bonchev–Trinajstić information content (AvgIpc) is 3.12. The Morgan fingerprint density at radius 1 is 1.35 bits per heavy atom. The summed E-state index contributed by atoms with van der Waals surface area (Å²) in [7, 11) is 0. The van der Waals surface area contributed by atoms with Gasteiger partial charge in [-0.25, -0.2) is 4.79 Å². The smallest absolute Gasteiger partial charge is 0.338 e. The molecule has 2 N–H and O–H groups in total. The number of hydrogen-bond donors (Lipinski definition) is 2. The molecule has 0 spiro atoms. The second kappa shape index (κ2) is 6.87. The first-order chi connectivity index (χ1) is 11.1. The minimum atomic E-state index is -0.287. The van der Waals surface area contributed by atoms with E-state index in [0.29, 0.717) is 23.3 Å². The number of thiocarbonyl (C=S) groups is 1. The highest BCUT2D eigenvalue weighted by Crippen LogP contribution is 2.44. The maximum Gasteiger partial charge on any atom is 0.338 e. The van der Waals surface area contributed by atoms with Crippen molar-refractivity contribution < 1.29 is 9.53 Å². The summed E-state index contributed by atoms with van der Waals surface area (Å²) in [6.45, 7) is 4.15. The van der Waals surface area contributed by atoms with Gasteiger partial charge in [-0.05, 0) is 80.9 Å². The highest BCUT2D eigenvalue weighted by Gasteiger charge is 2.39. The van der Waals surface area contributed by atoms with E-state index >= 15 is 0 Å². The van der Waals surface area contributed by atoms with Crippen LogP contribution in [0.2, 0.25) is 0 Å². The summed E-state index contributed by atoms with van der Waals surface area (Å²) in [5.41, 5.74) is 2.48. The largest absolute Gasteiger partial charge is 0.462 e. The molecule has 0 saturated heterocycles. The highest BCUT2D eigenvalue weighted by atomic mass is 32.1. The van der Waals surface area contributed by atoms with Crippen LogP contribution >= 0.6 is 12.2 Å². The van der Waals surface area contributed by atoms with Crippen LogP contribution in [0.4, 0.5) is 5.69 Å². The van der Waals surface area contributed by atoms with Gasteiger partial charge in [0, 0.05) is 11.7 Å². The Hall–Kier alpha value is -1.62. The SMILES string of the molecule is CCOC(=O)c1ccc(NC(=S)N[C@H]2C[C@H]3CC[C@@H]2C3)c(C)c1. The Balaban J connectivity index is 1.59. The van der Waals surface area contributed by atoms with E-state index < -0.39 is 0 Å². The summed E-state index contributed by atoms with van der Waals surface area (Å²) >= 11 is 5.46. The number of aryl methyl sites for hydroxylation is 1. The normalized spacial score (nSPS) is 25.2. The number of anilines is 1. The molecule has 0 heterocycles. The van der Waals surface area contributed by atoms with E-state index in [2.05, 4.69) is 10.6 Å². The van der Waals surface area contributed by atoms with E-state index in [1.165, 1.54) is 25.7 Å². The molecule has 2 saturated carbocycles. The molecule has 23 heavy (non-hydrogen) atoms. The molecule has 0 amide bonds. The second-order valence-electron chi connectivity index (χ2n) is 6.63. The fourth-order valence-corrected chi connectivity index (χ4v) is 4.15. The predicted molar refractivity (Wildman–Crippen MR) is 95.7 cm³/mol. The van der Waals surface area contributed by atoms with Crippen molar-refractivity contribution >= 4 is 29.0 Å². The molecule has 2 aliphatic rings. The van der Waals surface area contributed by atoms with Crippen LogP contribution in [0.3, 0.4) is 0 Å². The zero-order chi connectivity index (χ0) is 16.4. The quantitative estimate of drug-likeness (QED) is 0.651. The molecule has 3 rings (SSSR count). The number of carbonyl (C=O) groups is 1. The van der Waals surface area contributed by atoms with Crippen molar-refractivity contribution in [3.05, 3.63) is 29.3 Å². The first kappa shape index (κ1) is 16.2. The van der Waals surface area contributed by atoms with E-state index in [9.17, 15) is 4.79 Å². The monoisotopic (exact) mass is 332 g/mol. The molecule has 0 aromatic heterocycles. The van der Waals surface area contributed by atoms with E-state index in [4.69, 9.17) is 17.0 Å². The first-order valence-corrected chi connectivity index (χ1v) is 8.83. The molecule has 3 atom stereocenters. The molecule has 5 heteroatoms. The lowest BCUT2D eigenvalue weighted by molar-refractivity contribution is 0.0526. The molecular weight excluding hydrogens is 308 g/mol. The number of nitrogens with one attached hydrogen (secondary N) is 2. The number of fused-ring (bicyclic) bond motifs is 2. The summed E-state index contributed by atoms with van der Waals surface area (Å²) in [5.74, 6) is 1.39. The third-order valence-corrected chi connectivity index (χ3v) is 5.26. The zero-order valence-corrected chi connectivity index (χ0v) is 14.5. The number of carbonyl (C=O) groups excluding carboxylic acids is 1. The summed E-state index contributed by atoms with van der Waals surface area (Å²) in [6, 6.07) is 6.01. The van der Waals surface area contributed by atoms with Gasteiger partial charge in [0.15, 0.2) is 5.11 Å². The van der Waals surface area contributed by atoms with Gasteiger partial charge >= 0.3 is 5.97 Å². The van der Waals surface area contributed by atoms with Crippen LogP contribution in [0, 0.1) is 18.8 Å². The Labute approximate surface area is 143 Å². The maximum absolute atomic E-state index is 11.8. The van der Waals surface area contributed by atoms with Crippen molar-refractivity contribution in [1.82, 2.24) is 5.32 Å². The van der Waals surface area contributed by atoms with Crippen molar-refractivity contribution in [2.45, 2.75) is 45.6 Å². The molecule has 1 aromatic rings. The lowest BCUT2D eigenvalue weighted by atomic mass is 9.95. The fraction of sp³-hybridized carbons (Fsp3) is 0.556. The molecule has 2 fully saturated rings. The minimum Gasteiger partial charge on any atom is -0.462 e. The van der Waals surface area contributed by atoms with Gasteiger partial charge < -0.3 is 15.4 Å². The van der Waals surface area contributed by atoms with Crippen molar-refractivity contribution in [1.29, 1.82) is 0 Å². The lowest BCUT2D eigenvalue weighted by Gasteiger charge is -2.25. The van der Waals surface area contributed by atoms with Crippen molar-refractivity contribution in [3.8, 4) is 0 Å². The van der Waals surface area contributed by atoms with Crippen LogP contribution in [0.25, 0.3) is 0 Å². The molecular formula is C18H24N2O2S. The number of esters is 1. The molecule has 0 unspecified atom stereocenters. The summed E-state index contributed by atoms with van der Waals surface area (Å²) in [5, 5.41) is 7.41. The molecule has 1 aromatic carbocycles. The van der Waals surface area contributed by atoms with Crippen molar-refractivity contribution in [3.63, 3.8) is 0 Å². The standard InChI is InChI=1S/C18H24N2O2S/c1-3-22-17(21)14-6-7-15(11(2)8-14)19-18(23)20-16-10-12-4-5-13(16)9-12/h6-8,12-13,16H,3-5,9-10H2,1-2H3,(H2,19,20,23)/t12-,13+,16-/m0/s1. The van der Waals surface area contributed by atoms with Gasteiger partial charge in [0.2, 0.25) is 0 Å². The molecule has 124 valence electrons. The number of rotatable bonds is 4. The summed E-state index contributed by atoms with van der Waals surface area (Å²) in [4.78, 5) is 11.8. The van der Waals surface area contributed by atoms with E-state index in [1.807, 2.05) is 19.1 Å². The van der Waals surface area contributed by atoms with Crippen molar-refractivity contribution in [2.24, 2.45) is 11.8 Å². The Bertz CT molecular complexity index is 617. The van der Waals surface area contributed by atoms with Crippen LogP contribution in [-0.2, 0) is 4.74 Å². The average molecular weight is 332 g/mol. The van der Waals surface area contributed by atoms with Gasteiger partial charge in [0.1, 0.15) is 0 Å². The summed E-state index contributed by atoms with van der Waals surface area (Å²) in [6.07, 6.45) is 5.32. The molecule has 2 bridgehead atoms. The van der Waals surface area contributed by atoms with Crippen LogP contribution in [0.15, 0.2) is 18.2 Å². The Morgan fingerprint density at radius 3 is 2.78 bits per heavy atom. The zero-order valence-electron chi connectivity index (χ0n) is 13.7. The topological polar surface area (TPSA) is 50.4 Å². The fourth-order valence-electron chi connectivity index (χ4n) is 3.89. The minimum absolute atomic E-state index is 0.287. The maximum atomic E-state index is 11.8. The third-order valence-electron chi connectivity index (χ3n) is 5.04. The van der Waals surface area contributed by atoms with Gasteiger partial charge in [-0.15, -0.1) is 0 Å². The number of ether oxygens (including phenoxy) is 1. The van der Waals surface area contributed by atoms with Crippen LogP contribution in [-0.4, -0.2) is 23.7 Å².